The molecule has 0 aliphatic carbocycles. The molecule has 0 atom stereocenters. The van der Waals surface area contributed by atoms with Crippen molar-refractivity contribution >= 4 is 45.6 Å². The molecule has 1 aromatic carbocycles. The number of carbonyl (C=O) groups is 1. The molecule has 2 aromatic rings. The summed E-state index contributed by atoms with van der Waals surface area (Å²) in [6.07, 6.45) is 0. The molecule has 1 N–H and O–H groups in total. The number of halogens is 2. The fourth-order valence-electron chi connectivity index (χ4n) is 2.59. The highest BCUT2D eigenvalue weighted by Gasteiger charge is 2.19. The number of hydrogen-bond acceptors (Lipinski definition) is 6. The smallest absolute Gasteiger partial charge is 0.240 e. The molecule has 1 aromatic heterocycles. The van der Waals surface area contributed by atoms with Crippen molar-refractivity contribution in [3.05, 3.63) is 39.3 Å². The lowest BCUT2D eigenvalue weighted by Gasteiger charge is -2.34. The largest absolute Gasteiger partial charge is 0.299 e. The zero-order chi connectivity index (χ0) is 16.9. The Hall–Kier alpha value is -1.25. The van der Waals surface area contributed by atoms with Gasteiger partial charge < -0.3 is 0 Å². The van der Waals surface area contributed by atoms with E-state index >= 15 is 0 Å². The molecule has 2 heterocycles. The second kappa shape index (κ2) is 8.22. The van der Waals surface area contributed by atoms with Gasteiger partial charge in [0.05, 0.1) is 16.6 Å². The number of nitrogens with zero attached hydrogens (tertiary/aromatic N) is 4. The highest BCUT2D eigenvalue weighted by atomic mass is 35.5. The van der Waals surface area contributed by atoms with Crippen LogP contribution in [0.1, 0.15) is 5.56 Å². The fraction of sp³-hybridized carbons (Fsp3) is 0.400. The molecule has 0 radical (unpaired) electrons. The van der Waals surface area contributed by atoms with Crippen LogP contribution >= 0.6 is 34.5 Å². The van der Waals surface area contributed by atoms with Gasteiger partial charge in [0.2, 0.25) is 11.0 Å². The van der Waals surface area contributed by atoms with Crippen LogP contribution in [0.25, 0.3) is 0 Å². The van der Waals surface area contributed by atoms with Crippen LogP contribution in [0, 0.1) is 0 Å². The Bertz CT molecular complexity index is 689. The third kappa shape index (κ3) is 4.87. The average molecular weight is 386 g/mol. The Morgan fingerprint density at radius 1 is 1.17 bits per heavy atom. The molecule has 24 heavy (non-hydrogen) atoms. The second-order valence-corrected chi connectivity index (χ2v) is 7.24. The maximum Gasteiger partial charge on any atom is 0.240 e. The van der Waals surface area contributed by atoms with Gasteiger partial charge in [-0.15, -0.1) is 10.2 Å². The van der Waals surface area contributed by atoms with Gasteiger partial charge in [0.15, 0.2) is 0 Å². The summed E-state index contributed by atoms with van der Waals surface area (Å²) in [5.74, 6) is -0.0512. The minimum atomic E-state index is -0.0512. The van der Waals surface area contributed by atoms with E-state index in [9.17, 15) is 4.79 Å². The van der Waals surface area contributed by atoms with Gasteiger partial charge in [-0.2, -0.15) is 0 Å². The minimum absolute atomic E-state index is 0.0512. The van der Waals surface area contributed by atoms with E-state index in [1.54, 1.807) is 5.51 Å². The summed E-state index contributed by atoms with van der Waals surface area (Å²) in [4.78, 5) is 16.5. The first-order chi connectivity index (χ1) is 11.6. The predicted octanol–water partition coefficient (Wildman–Crippen LogP) is 2.60. The Morgan fingerprint density at radius 3 is 2.58 bits per heavy atom. The number of nitrogens with one attached hydrogen (secondary N) is 1. The molecular weight excluding hydrogens is 369 g/mol. The van der Waals surface area contributed by atoms with E-state index in [4.69, 9.17) is 23.2 Å². The van der Waals surface area contributed by atoms with E-state index in [2.05, 4.69) is 25.3 Å². The average Bonchev–Trinajstić information content (AvgIpc) is 3.06. The topological polar surface area (TPSA) is 61.4 Å². The van der Waals surface area contributed by atoms with Crippen molar-refractivity contribution in [2.45, 2.75) is 6.54 Å². The van der Waals surface area contributed by atoms with E-state index in [0.29, 0.717) is 21.7 Å². The molecule has 6 nitrogen and oxygen atoms in total. The molecule has 1 fully saturated rings. The second-order valence-electron chi connectivity index (χ2n) is 5.59. The summed E-state index contributed by atoms with van der Waals surface area (Å²) in [6.45, 7) is 4.73. The first-order valence-corrected chi connectivity index (χ1v) is 9.18. The molecule has 128 valence electrons. The molecule has 1 saturated heterocycles. The Labute approximate surface area is 154 Å². The SMILES string of the molecule is O=C(CN1CCN(Cc2ccc(Cl)c(Cl)c2)CC1)Nc1nncs1. The number of piperazine rings is 1. The van der Waals surface area contributed by atoms with Crippen LogP contribution in [0.3, 0.4) is 0 Å². The van der Waals surface area contributed by atoms with Crippen molar-refractivity contribution in [3.8, 4) is 0 Å². The molecule has 1 aliphatic rings. The van der Waals surface area contributed by atoms with Crippen LogP contribution in [0.2, 0.25) is 10.0 Å². The van der Waals surface area contributed by atoms with Crippen molar-refractivity contribution in [3.63, 3.8) is 0 Å². The number of carbonyl (C=O) groups excluding carboxylic acids is 1. The lowest BCUT2D eigenvalue weighted by atomic mass is 10.2. The normalized spacial score (nSPS) is 16.2. The summed E-state index contributed by atoms with van der Waals surface area (Å²) in [6, 6.07) is 5.73. The maximum absolute atomic E-state index is 12.0. The number of amides is 1. The number of rotatable bonds is 5. The third-order valence-electron chi connectivity index (χ3n) is 3.83. The van der Waals surface area contributed by atoms with Crippen LogP contribution in [-0.2, 0) is 11.3 Å². The molecule has 0 unspecified atom stereocenters. The van der Waals surface area contributed by atoms with E-state index in [1.807, 2.05) is 18.2 Å². The molecule has 3 rings (SSSR count). The summed E-state index contributed by atoms with van der Waals surface area (Å²) < 4.78 is 0. The molecule has 0 bridgehead atoms. The number of anilines is 1. The zero-order valence-electron chi connectivity index (χ0n) is 12.9. The fourth-order valence-corrected chi connectivity index (χ4v) is 3.37. The minimum Gasteiger partial charge on any atom is -0.299 e. The van der Waals surface area contributed by atoms with Crippen molar-refractivity contribution in [1.29, 1.82) is 0 Å². The molecule has 0 spiro atoms. The lowest BCUT2D eigenvalue weighted by Crippen LogP contribution is -2.48. The molecule has 1 aliphatic heterocycles. The predicted molar refractivity (Wildman–Crippen MR) is 96.7 cm³/mol. The number of aromatic nitrogens is 2. The van der Waals surface area contributed by atoms with E-state index < -0.39 is 0 Å². The van der Waals surface area contributed by atoms with Crippen molar-refractivity contribution in [2.75, 3.05) is 38.0 Å². The van der Waals surface area contributed by atoms with Crippen LogP contribution in [0.4, 0.5) is 5.13 Å². The van der Waals surface area contributed by atoms with Crippen LogP contribution in [0.5, 0.6) is 0 Å². The Balaban J connectivity index is 1.43. The van der Waals surface area contributed by atoms with Gasteiger partial charge in [0.25, 0.3) is 0 Å². The van der Waals surface area contributed by atoms with Gasteiger partial charge in [-0.05, 0) is 17.7 Å². The third-order valence-corrected chi connectivity index (χ3v) is 5.17. The zero-order valence-corrected chi connectivity index (χ0v) is 15.2. The summed E-state index contributed by atoms with van der Waals surface area (Å²) in [5.41, 5.74) is 2.74. The highest BCUT2D eigenvalue weighted by Crippen LogP contribution is 2.23. The number of benzene rings is 1. The first-order valence-electron chi connectivity index (χ1n) is 7.55. The molecule has 9 heteroatoms. The summed E-state index contributed by atoms with van der Waals surface area (Å²) in [5, 5.41) is 12.0. The van der Waals surface area contributed by atoms with Crippen LogP contribution in [-0.4, -0.2) is 58.6 Å². The van der Waals surface area contributed by atoms with Crippen molar-refractivity contribution < 1.29 is 4.79 Å². The van der Waals surface area contributed by atoms with Gasteiger partial charge in [0.1, 0.15) is 5.51 Å². The highest BCUT2D eigenvalue weighted by molar-refractivity contribution is 7.13. The number of hydrogen-bond donors (Lipinski definition) is 1. The van der Waals surface area contributed by atoms with Crippen LogP contribution < -0.4 is 5.32 Å². The van der Waals surface area contributed by atoms with E-state index in [0.717, 1.165) is 38.3 Å². The molecular formula is C15H17Cl2N5OS. The quantitative estimate of drug-likeness (QED) is 0.856. The van der Waals surface area contributed by atoms with Gasteiger partial charge >= 0.3 is 0 Å². The van der Waals surface area contributed by atoms with E-state index in [-0.39, 0.29) is 5.91 Å². The molecule has 1 amide bonds. The van der Waals surface area contributed by atoms with Crippen LogP contribution in [0.15, 0.2) is 23.7 Å². The standard InChI is InChI=1S/C15H17Cl2N5OS/c16-12-2-1-11(7-13(12)17)8-21-3-5-22(6-4-21)9-14(23)19-15-20-18-10-24-15/h1-2,7,10H,3-6,8-9H2,(H,19,20,23). The van der Waals surface area contributed by atoms with Gasteiger partial charge in [-0.3, -0.25) is 19.9 Å². The van der Waals surface area contributed by atoms with Gasteiger partial charge in [-0.1, -0.05) is 40.6 Å². The summed E-state index contributed by atoms with van der Waals surface area (Å²) >= 11 is 13.3. The first kappa shape index (κ1) is 17.6. The van der Waals surface area contributed by atoms with E-state index in [1.165, 1.54) is 11.3 Å². The monoisotopic (exact) mass is 385 g/mol. The lowest BCUT2D eigenvalue weighted by molar-refractivity contribution is -0.117. The Morgan fingerprint density at radius 2 is 1.92 bits per heavy atom. The molecule has 0 saturated carbocycles. The summed E-state index contributed by atoms with van der Waals surface area (Å²) in [7, 11) is 0. The maximum atomic E-state index is 12.0. The van der Waals surface area contributed by atoms with Crippen molar-refractivity contribution in [2.24, 2.45) is 0 Å². The Kier molecular flexibility index (Phi) is 6.02. The van der Waals surface area contributed by atoms with Gasteiger partial charge in [0, 0.05) is 32.7 Å². The van der Waals surface area contributed by atoms with Gasteiger partial charge in [-0.25, -0.2) is 0 Å². The van der Waals surface area contributed by atoms with Crippen molar-refractivity contribution in [1.82, 2.24) is 20.0 Å².